The Bertz CT molecular complexity index is 820. The Morgan fingerprint density at radius 3 is 2.21 bits per heavy atom. The first kappa shape index (κ1) is 19.7. The average Bonchev–Trinajstić information content (AvgIpc) is 2.74. The van der Waals surface area contributed by atoms with Gasteiger partial charge in [-0.25, -0.2) is 0 Å². The zero-order valence-corrected chi connectivity index (χ0v) is 16.3. The maximum atomic E-state index is 12.4. The lowest BCUT2D eigenvalue weighted by atomic mass is 10.1. The number of hydrogen-bond donors (Lipinski definition) is 0. The number of hydrogen-bond acceptors (Lipinski definition) is 5. The summed E-state index contributed by atoms with van der Waals surface area (Å²) in [5, 5.41) is 9.64. The van der Waals surface area contributed by atoms with E-state index in [-0.39, 0.29) is 18.6 Å². The van der Waals surface area contributed by atoms with Gasteiger partial charge in [0, 0.05) is 26.2 Å². The maximum absolute atomic E-state index is 12.4. The fourth-order valence-electron chi connectivity index (χ4n) is 3.25. The molecule has 6 nitrogen and oxygen atoms in total. The molecular weight excluding hydrogens is 354 g/mol. The van der Waals surface area contributed by atoms with Crippen LogP contribution in [0.15, 0.2) is 48.5 Å². The van der Waals surface area contributed by atoms with Crippen LogP contribution in [0, 0.1) is 18.3 Å². The highest BCUT2D eigenvalue weighted by molar-refractivity contribution is 5.77. The molecule has 1 unspecified atom stereocenters. The summed E-state index contributed by atoms with van der Waals surface area (Å²) in [5.41, 5.74) is 2.09. The van der Waals surface area contributed by atoms with Crippen molar-refractivity contribution in [1.82, 2.24) is 9.80 Å². The fraction of sp³-hybridized carbons (Fsp3) is 0.364. The number of piperazine rings is 1. The number of rotatable bonds is 6. The van der Waals surface area contributed by atoms with Crippen molar-refractivity contribution in [3.63, 3.8) is 0 Å². The number of carbonyl (C=O) groups is 1. The van der Waals surface area contributed by atoms with E-state index in [0.29, 0.717) is 31.9 Å². The van der Waals surface area contributed by atoms with Gasteiger partial charge in [0.05, 0.1) is 13.2 Å². The van der Waals surface area contributed by atoms with Crippen LogP contribution in [0.4, 0.5) is 0 Å². The van der Waals surface area contributed by atoms with Crippen molar-refractivity contribution in [2.75, 3.05) is 39.9 Å². The molecular formula is C22H25N3O3. The van der Waals surface area contributed by atoms with Gasteiger partial charge in [0.2, 0.25) is 0 Å². The SMILES string of the molecule is COc1ccc(C(C#N)N2CCN(C(=O)COc3ccc(C)cc3)CC2)cc1. The lowest BCUT2D eigenvalue weighted by Gasteiger charge is -2.37. The molecule has 0 saturated carbocycles. The highest BCUT2D eigenvalue weighted by Crippen LogP contribution is 2.24. The van der Waals surface area contributed by atoms with E-state index in [1.807, 2.05) is 55.5 Å². The quantitative estimate of drug-likeness (QED) is 0.772. The topological polar surface area (TPSA) is 65.8 Å². The van der Waals surface area contributed by atoms with Crippen LogP contribution in [0.1, 0.15) is 17.2 Å². The number of nitrogens with zero attached hydrogens (tertiary/aromatic N) is 3. The van der Waals surface area contributed by atoms with Crippen molar-refractivity contribution in [3.8, 4) is 17.6 Å². The monoisotopic (exact) mass is 379 g/mol. The minimum absolute atomic E-state index is 0.0295. The van der Waals surface area contributed by atoms with Gasteiger partial charge in [-0.1, -0.05) is 29.8 Å². The Morgan fingerprint density at radius 2 is 1.64 bits per heavy atom. The van der Waals surface area contributed by atoms with E-state index in [9.17, 15) is 10.1 Å². The van der Waals surface area contributed by atoms with E-state index in [4.69, 9.17) is 9.47 Å². The van der Waals surface area contributed by atoms with Crippen LogP contribution in [-0.2, 0) is 4.79 Å². The third kappa shape index (κ3) is 4.81. The van der Waals surface area contributed by atoms with Gasteiger partial charge in [0.25, 0.3) is 5.91 Å². The molecule has 146 valence electrons. The van der Waals surface area contributed by atoms with Crippen LogP contribution in [-0.4, -0.2) is 55.6 Å². The molecule has 2 aromatic rings. The second kappa shape index (κ2) is 9.25. The second-order valence-corrected chi connectivity index (χ2v) is 6.82. The largest absolute Gasteiger partial charge is 0.497 e. The first-order valence-corrected chi connectivity index (χ1v) is 9.35. The summed E-state index contributed by atoms with van der Waals surface area (Å²) in [4.78, 5) is 16.3. The number of nitriles is 1. The van der Waals surface area contributed by atoms with Gasteiger partial charge in [-0.2, -0.15) is 5.26 Å². The van der Waals surface area contributed by atoms with E-state index in [2.05, 4.69) is 11.0 Å². The molecule has 1 heterocycles. The summed E-state index contributed by atoms with van der Waals surface area (Å²) in [6.07, 6.45) is 0. The molecule has 2 aromatic carbocycles. The van der Waals surface area contributed by atoms with Crippen LogP contribution in [0.3, 0.4) is 0 Å². The van der Waals surface area contributed by atoms with E-state index >= 15 is 0 Å². The second-order valence-electron chi connectivity index (χ2n) is 6.82. The van der Waals surface area contributed by atoms with Crippen LogP contribution in [0.2, 0.25) is 0 Å². The normalized spacial score (nSPS) is 15.5. The Morgan fingerprint density at radius 1 is 1.04 bits per heavy atom. The smallest absolute Gasteiger partial charge is 0.260 e. The third-order valence-corrected chi connectivity index (χ3v) is 4.97. The molecule has 0 spiro atoms. The average molecular weight is 379 g/mol. The lowest BCUT2D eigenvalue weighted by Crippen LogP contribution is -2.50. The van der Waals surface area contributed by atoms with E-state index < -0.39 is 0 Å². The van der Waals surface area contributed by atoms with Crippen LogP contribution >= 0.6 is 0 Å². The highest BCUT2D eigenvalue weighted by Gasteiger charge is 2.27. The highest BCUT2D eigenvalue weighted by atomic mass is 16.5. The molecule has 1 aliphatic rings. The van der Waals surface area contributed by atoms with Gasteiger partial charge in [0.1, 0.15) is 17.5 Å². The molecule has 0 aromatic heterocycles. The van der Waals surface area contributed by atoms with Crippen LogP contribution < -0.4 is 9.47 Å². The van der Waals surface area contributed by atoms with Gasteiger partial charge in [-0.3, -0.25) is 9.69 Å². The fourth-order valence-corrected chi connectivity index (χ4v) is 3.25. The zero-order chi connectivity index (χ0) is 19.9. The van der Waals surface area contributed by atoms with Crippen molar-refractivity contribution in [2.45, 2.75) is 13.0 Å². The van der Waals surface area contributed by atoms with Crippen molar-refractivity contribution in [3.05, 3.63) is 59.7 Å². The molecule has 1 amide bonds. The Hall–Kier alpha value is -3.04. The number of ether oxygens (including phenoxy) is 2. The van der Waals surface area contributed by atoms with Crippen LogP contribution in [0.5, 0.6) is 11.5 Å². The number of carbonyl (C=O) groups excluding carboxylic acids is 1. The summed E-state index contributed by atoms with van der Waals surface area (Å²) in [6, 6.07) is 17.3. The molecule has 0 N–H and O–H groups in total. The van der Waals surface area contributed by atoms with E-state index in [1.165, 1.54) is 0 Å². The van der Waals surface area contributed by atoms with Gasteiger partial charge in [0.15, 0.2) is 6.61 Å². The molecule has 0 radical (unpaired) electrons. The first-order valence-electron chi connectivity index (χ1n) is 9.35. The van der Waals surface area contributed by atoms with Gasteiger partial charge < -0.3 is 14.4 Å². The number of aryl methyl sites for hydroxylation is 1. The third-order valence-electron chi connectivity index (χ3n) is 4.97. The van der Waals surface area contributed by atoms with Crippen molar-refractivity contribution < 1.29 is 14.3 Å². The Balaban J connectivity index is 1.51. The van der Waals surface area contributed by atoms with Crippen molar-refractivity contribution in [1.29, 1.82) is 5.26 Å². The van der Waals surface area contributed by atoms with Gasteiger partial charge >= 0.3 is 0 Å². The Labute approximate surface area is 165 Å². The molecule has 1 aliphatic heterocycles. The number of methoxy groups -OCH3 is 1. The molecule has 6 heteroatoms. The molecule has 28 heavy (non-hydrogen) atoms. The number of amides is 1. The lowest BCUT2D eigenvalue weighted by molar-refractivity contribution is -0.135. The summed E-state index contributed by atoms with van der Waals surface area (Å²) in [5.74, 6) is 1.43. The number of benzene rings is 2. The minimum Gasteiger partial charge on any atom is -0.497 e. The van der Waals surface area contributed by atoms with Crippen LogP contribution in [0.25, 0.3) is 0 Å². The predicted octanol–water partition coefficient (Wildman–Crippen LogP) is 2.79. The summed E-state index contributed by atoms with van der Waals surface area (Å²) < 4.78 is 10.8. The molecule has 0 aliphatic carbocycles. The van der Waals surface area contributed by atoms with Crippen molar-refractivity contribution in [2.24, 2.45) is 0 Å². The zero-order valence-electron chi connectivity index (χ0n) is 16.3. The van der Waals surface area contributed by atoms with Gasteiger partial charge in [-0.15, -0.1) is 0 Å². The van der Waals surface area contributed by atoms with E-state index in [1.54, 1.807) is 12.0 Å². The summed E-state index contributed by atoms with van der Waals surface area (Å²) in [7, 11) is 1.62. The maximum Gasteiger partial charge on any atom is 0.260 e. The summed E-state index contributed by atoms with van der Waals surface area (Å²) in [6.45, 7) is 4.52. The van der Waals surface area contributed by atoms with Crippen molar-refractivity contribution >= 4 is 5.91 Å². The molecule has 1 saturated heterocycles. The molecule has 0 bridgehead atoms. The molecule has 3 rings (SSSR count). The molecule has 1 atom stereocenters. The first-order chi connectivity index (χ1) is 13.6. The van der Waals surface area contributed by atoms with E-state index in [0.717, 1.165) is 16.9 Å². The standard InChI is InChI=1S/C22H25N3O3/c1-17-3-7-20(8-4-17)28-16-22(26)25-13-11-24(12-14-25)21(15-23)18-5-9-19(27-2)10-6-18/h3-10,21H,11-14,16H2,1-2H3. The Kier molecular flexibility index (Phi) is 6.51. The summed E-state index contributed by atoms with van der Waals surface area (Å²) >= 11 is 0. The minimum atomic E-state index is -0.327. The van der Waals surface area contributed by atoms with Gasteiger partial charge in [-0.05, 0) is 36.8 Å². The molecule has 1 fully saturated rings. The predicted molar refractivity (Wildman–Crippen MR) is 106 cm³/mol.